The molecule has 6 heteroatoms. The molecule has 0 unspecified atom stereocenters. The van der Waals surface area contributed by atoms with E-state index in [4.69, 9.17) is 4.98 Å². The summed E-state index contributed by atoms with van der Waals surface area (Å²) in [4.78, 5) is 19.8. The zero-order chi connectivity index (χ0) is 22.2. The van der Waals surface area contributed by atoms with Gasteiger partial charge in [0.2, 0.25) is 0 Å². The van der Waals surface area contributed by atoms with Crippen LogP contribution in [0.3, 0.4) is 0 Å². The molecule has 4 aromatic rings. The van der Waals surface area contributed by atoms with Crippen LogP contribution in [-0.4, -0.2) is 29.1 Å². The van der Waals surface area contributed by atoms with E-state index in [1.165, 1.54) is 27.9 Å². The number of amides is 1. The molecule has 3 heterocycles. The Kier molecular flexibility index (Phi) is 6.43. The van der Waals surface area contributed by atoms with Crippen molar-refractivity contribution in [1.29, 1.82) is 0 Å². The maximum atomic E-state index is 12.6. The van der Waals surface area contributed by atoms with E-state index < -0.39 is 0 Å². The SMILES string of the molecule is CNC(=O)c1cc2c(C)c(C)n(Cc3ccccc3)c2c(N2CCc3ccccc3C2)n1.Cl. The standard InChI is InChI=1S/C27H28N4O.ClH/c1-18-19(2)31(16-20-9-5-4-6-10-20)25-23(18)15-24(27(32)28-3)29-26(25)30-14-13-21-11-7-8-12-22(21)17-30;/h4-12,15H,13-14,16-17H2,1-3H3,(H,28,32);1H. The van der Waals surface area contributed by atoms with Crippen molar-refractivity contribution < 1.29 is 4.79 Å². The van der Waals surface area contributed by atoms with Crippen molar-refractivity contribution in [3.8, 4) is 0 Å². The summed E-state index contributed by atoms with van der Waals surface area (Å²) >= 11 is 0. The minimum atomic E-state index is -0.154. The molecule has 0 saturated carbocycles. The molecule has 1 N–H and O–H groups in total. The van der Waals surface area contributed by atoms with Gasteiger partial charge in [-0.1, -0.05) is 54.6 Å². The number of carbonyl (C=O) groups excluding carboxylic acids is 1. The van der Waals surface area contributed by atoms with E-state index in [-0.39, 0.29) is 18.3 Å². The van der Waals surface area contributed by atoms with Crippen LogP contribution < -0.4 is 10.2 Å². The first kappa shape index (κ1) is 22.9. The van der Waals surface area contributed by atoms with Gasteiger partial charge in [0.05, 0.1) is 5.52 Å². The van der Waals surface area contributed by atoms with Crippen LogP contribution in [0.5, 0.6) is 0 Å². The van der Waals surface area contributed by atoms with E-state index in [0.29, 0.717) is 5.69 Å². The first-order chi connectivity index (χ1) is 15.6. The number of pyridine rings is 1. The van der Waals surface area contributed by atoms with Gasteiger partial charge in [-0.05, 0) is 48.6 Å². The number of anilines is 1. The third-order valence-electron chi connectivity index (χ3n) is 6.67. The second kappa shape index (κ2) is 9.28. The zero-order valence-corrected chi connectivity index (χ0v) is 20.1. The van der Waals surface area contributed by atoms with Gasteiger partial charge < -0.3 is 14.8 Å². The van der Waals surface area contributed by atoms with E-state index in [9.17, 15) is 4.79 Å². The molecular weight excluding hydrogens is 432 g/mol. The zero-order valence-electron chi connectivity index (χ0n) is 19.3. The Morgan fingerprint density at radius 2 is 1.73 bits per heavy atom. The van der Waals surface area contributed by atoms with E-state index in [0.717, 1.165) is 42.8 Å². The Morgan fingerprint density at radius 3 is 2.45 bits per heavy atom. The van der Waals surface area contributed by atoms with Crippen LogP contribution in [0.2, 0.25) is 0 Å². The van der Waals surface area contributed by atoms with Crippen molar-refractivity contribution in [1.82, 2.24) is 14.9 Å². The number of hydrogen-bond acceptors (Lipinski definition) is 3. The van der Waals surface area contributed by atoms with E-state index in [2.05, 4.69) is 77.2 Å². The van der Waals surface area contributed by atoms with Crippen LogP contribution in [-0.2, 0) is 19.5 Å². The van der Waals surface area contributed by atoms with Gasteiger partial charge in [0.1, 0.15) is 5.69 Å². The fraction of sp³-hybridized carbons (Fsp3) is 0.259. The maximum absolute atomic E-state index is 12.6. The predicted molar refractivity (Wildman–Crippen MR) is 137 cm³/mol. The number of benzene rings is 2. The van der Waals surface area contributed by atoms with E-state index >= 15 is 0 Å². The number of aryl methyl sites for hydroxylation is 1. The second-order valence-electron chi connectivity index (χ2n) is 8.53. The van der Waals surface area contributed by atoms with Crippen molar-refractivity contribution in [2.24, 2.45) is 0 Å². The number of halogens is 1. The molecule has 5 nitrogen and oxygen atoms in total. The second-order valence-corrected chi connectivity index (χ2v) is 8.53. The lowest BCUT2D eigenvalue weighted by atomic mass is 10.00. The van der Waals surface area contributed by atoms with Crippen LogP contribution in [0, 0.1) is 13.8 Å². The van der Waals surface area contributed by atoms with Crippen molar-refractivity contribution in [3.63, 3.8) is 0 Å². The van der Waals surface area contributed by atoms with Crippen LogP contribution in [0.1, 0.15) is 38.4 Å². The molecule has 170 valence electrons. The molecule has 0 spiro atoms. The Labute approximate surface area is 200 Å². The summed E-state index contributed by atoms with van der Waals surface area (Å²) in [6.07, 6.45) is 0.973. The summed E-state index contributed by atoms with van der Waals surface area (Å²) in [5.74, 6) is 0.737. The minimum absolute atomic E-state index is 0. The molecule has 0 radical (unpaired) electrons. The number of nitrogens with one attached hydrogen (secondary N) is 1. The lowest BCUT2D eigenvalue weighted by Crippen LogP contribution is -2.32. The number of nitrogens with zero attached hydrogens (tertiary/aromatic N) is 3. The minimum Gasteiger partial charge on any atom is -0.354 e. The number of rotatable bonds is 4. The molecule has 1 aliphatic heterocycles. The summed E-state index contributed by atoms with van der Waals surface area (Å²) in [5.41, 5.74) is 7.95. The number of carbonyl (C=O) groups is 1. The average molecular weight is 461 g/mol. The Hall–Kier alpha value is -3.31. The van der Waals surface area contributed by atoms with Crippen molar-refractivity contribution in [2.45, 2.75) is 33.4 Å². The van der Waals surface area contributed by atoms with Gasteiger partial charge in [-0.25, -0.2) is 4.98 Å². The molecule has 2 aromatic heterocycles. The fourth-order valence-corrected chi connectivity index (χ4v) is 4.75. The molecular formula is C27H29ClN4O. The Morgan fingerprint density at radius 1 is 1.03 bits per heavy atom. The molecule has 1 amide bonds. The number of fused-ring (bicyclic) bond motifs is 2. The van der Waals surface area contributed by atoms with Gasteiger partial charge in [-0.3, -0.25) is 4.79 Å². The highest BCUT2D eigenvalue weighted by Crippen LogP contribution is 2.35. The van der Waals surface area contributed by atoms with Gasteiger partial charge >= 0.3 is 0 Å². The first-order valence-corrected chi connectivity index (χ1v) is 11.1. The van der Waals surface area contributed by atoms with Crippen molar-refractivity contribution in [2.75, 3.05) is 18.5 Å². The maximum Gasteiger partial charge on any atom is 0.269 e. The van der Waals surface area contributed by atoms with Crippen molar-refractivity contribution >= 4 is 35.0 Å². The van der Waals surface area contributed by atoms with Gasteiger partial charge in [-0.15, -0.1) is 12.4 Å². The molecule has 0 aliphatic carbocycles. The van der Waals surface area contributed by atoms with Crippen LogP contribution in [0.15, 0.2) is 60.7 Å². The van der Waals surface area contributed by atoms with E-state index in [1.807, 2.05) is 12.1 Å². The lowest BCUT2D eigenvalue weighted by Gasteiger charge is -2.31. The lowest BCUT2D eigenvalue weighted by molar-refractivity contribution is 0.0958. The molecule has 1 aliphatic rings. The van der Waals surface area contributed by atoms with Gasteiger partial charge in [0, 0.05) is 37.8 Å². The summed E-state index contributed by atoms with van der Waals surface area (Å²) in [5, 5.41) is 3.84. The molecule has 2 aromatic carbocycles. The highest BCUT2D eigenvalue weighted by atomic mass is 35.5. The van der Waals surface area contributed by atoms with Crippen LogP contribution in [0.25, 0.3) is 10.9 Å². The van der Waals surface area contributed by atoms with Gasteiger partial charge in [0.15, 0.2) is 5.82 Å². The third kappa shape index (κ3) is 4.09. The molecule has 0 bridgehead atoms. The average Bonchev–Trinajstić information content (AvgIpc) is 3.08. The molecule has 0 atom stereocenters. The normalized spacial score (nSPS) is 12.9. The monoisotopic (exact) mass is 460 g/mol. The van der Waals surface area contributed by atoms with Crippen LogP contribution in [0.4, 0.5) is 5.82 Å². The highest BCUT2D eigenvalue weighted by Gasteiger charge is 2.25. The molecule has 0 fully saturated rings. The number of aromatic nitrogens is 2. The van der Waals surface area contributed by atoms with Gasteiger partial charge in [-0.2, -0.15) is 0 Å². The quantitative estimate of drug-likeness (QED) is 0.464. The third-order valence-corrected chi connectivity index (χ3v) is 6.67. The van der Waals surface area contributed by atoms with Crippen LogP contribution >= 0.6 is 12.4 Å². The summed E-state index contributed by atoms with van der Waals surface area (Å²) in [7, 11) is 1.66. The smallest absolute Gasteiger partial charge is 0.269 e. The Balaban J connectivity index is 0.00000259. The van der Waals surface area contributed by atoms with Gasteiger partial charge in [0.25, 0.3) is 5.91 Å². The molecule has 0 saturated heterocycles. The fourth-order valence-electron chi connectivity index (χ4n) is 4.75. The summed E-state index contributed by atoms with van der Waals surface area (Å²) < 4.78 is 2.36. The van der Waals surface area contributed by atoms with Crippen molar-refractivity contribution in [3.05, 3.63) is 94.3 Å². The molecule has 5 rings (SSSR count). The number of hydrogen-bond donors (Lipinski definition) is 1. The topological polar surface area (TPSA) is 50.2 Å². The highest BCUT2D eigenvalue weighted by molar-refractivity contribution is 6.01. The summed E-state index contributed by atoms with van der Waals surface area (Å²) in [6.45, 7) is 6.75. The first-order valence-electron chi connectivity index (χ1n) is 11.1. The molecule has 33 heavy (non-hydrogen) atoms. The predicted octanol–water partition coefficient (Wildman–Crippen LogP) is 5.05. The Bertz CT molecular complexity index is 1310. The summed E-state index contributed by atoms with van der Waals surface area (Å²) in [6, 6.07) is 21.1. The largest absolute Gasteiger partial charge is 0.354 e. The van der Waals surface area contributed by atoms with E-state index in [1.54, 1.807) is 7.05 Å².